The minimum Gasteiger partial charge on any atom is -0.482 e. The number of nitrogens with zero attached hydrogens (tertiary/aromatic N) is 1. The van der Waals surface area contributed by atoms with Crippen molar-refractivity contribution in [3.63, 3.8) is 0 Å². The SMILES string of the molecule is CN(Cc1ccccc1F)C(=O)COC(=O)COc1ccc2ccccc2c1. The zero-order valence-electron chi connectivity index (χ0n) is 15.4. The van der Waals surface area contributed by atoms with E-state index in [1.54, 1.807) is 24.3 Å². The molecule has 6 heteroatoms. The number of hydrogen-bond donors (Lipinski definition) is 0. The van der Waals surface area contributed by atoms with Crippen molar-refractivity contribution in [2.24, 2.45) is 0 Å². The first-order chi connectivity index (χ1) is 13.5. The average molecular weight is 381 g/mol. The minimum absolute atomic E-state index is 0.0939. The van der Waals surface area contributed by atoms with Gasteiger partial charge in [-0.2, -0.15) is 0 Å². The Morgan fingerprint density at radius 2 is 1.64 bits per heavy atom. The average Bonchev–Trinajstić information content (AvgIpc) is 2.71. The molecule has 0 unspecified atom stereocenters. The number of amides is 1. The Kier molecular flexibility index (Phi) is 6.22. The summed E-state index contributed by atoms with van der Waals surface area (Å²) in [5.74, 6) is -0.926. The second-order valence-electron chi connectivity index (χ2n) is 6.30. The van der Waals surface area contributed by atoms with Crippen LogP contribution < -0.4 is 4.74 Å². The molecular weight excluding hydrogens is 361 g/mol. The first-order valence-corrected chi connectivity index (χ1v) is 8.77. The number of fused-ring (bicyclic) bond motifs is 1. The number of carbonyl (C=O) groups is 2. The molecular formula is C22H20FNO4. The standard InChI is InChI=1S/C22H20FNO4/c1-24(13-18-8-4-5-9-20(18)23)21(25)14-28-22(26)15-27-19-11-10-16-6-2-3-7-17(16)12-19/h2-12H,13-15H2,1H3. The van der Waals surface area contributed by atoms with Crippen LogP contribution in [0.1, 0.15) is 5.56 Å². The number of carbonyl (C=O) groups excluding carboxylic acids is 2. The van der Waals surface area contributed by atoms with Gasteiger partial charge in [0.2, 0.25) is 0 Å². The third-order valence-electron chi connectivity index (χ3n) is 4.23. The molecule has 144 valence electrons. The van der Waals surface area contributed by atoms with Crippen LogP contribution in [0.4, 0.5) is 4.39 Å². The summed E-state index contributed by atoms with van der Waals surface area (Å²) < 4.78 is 24.0. The molecule has 0 aromatic heterocycles. The molecule has 0 N–H and O–H groups in total. The highest BCUT2D eigenvalue weighted by Gasteiger charge is 2.14. The molecule has 0 bridgehead atoms. The fourth-order valence-electron chi connectivity index (χ4n) is 2.66. The van der Waals surface area contributed by atoms with Crippen molar-refractivity contribution in [1.82, 2.24) is 4.90 Å². The molecule has 0 aliphatic carbocycles. The van der Waals surface area contributed by atoms with Gasteiger partial charge in [-0.05, 0) is 29.0 Å². The molecule has 0 fully saturated rings. The monoisotopic (exact) mass is 381 g/mol. The normalized spacial score (nSPS) is 10.5. The molecule has 0 aliphatic heterocycles. The molecule has 0 aliphatic rings. The van der Waals surface area contributed by atoms with Crippen molar-refractivity contribution in [2.45, 2.75) is 6.54 Å². The highest BCUT2D eigenvalue weighted by molar-refractivity contribution is 5.84. The van der Waals surface area contributed by atoms with Crippen molar-refractivity contribution >= 4 is 22.6 Å². The molecule has 3 aromatic carbocycles. The van der Waals surface area contributed by atoms with Gasteiger partial charge in [0.05, 0.1) is 0 Å². The fraction of sp³-hybridized carbons (Fsp3) is 0.182. The zero-order valence-corrected chi connectivity index (χ0v) is 15.4. The van der Waals surface area contributed by atoms with Crippen LogP contribution in [0, 0.1) is 5.82 Å². The molecule has 0 atom stereocenters. The summed E-state index contributed by atoms with van der Waals surface area (Å²) in [5, 5.41) is 2.07. The van der Waals surface area contributed by atoms with Gasteiger partial charge in [0, 0.05) is 19.2 Å². The Balaban J connectivity index is 1.45. The third-order valence-corrected chi connectivity index (χ3v) is 4.23. The van der Waals surface area contributed by atoms with Gasteiger partial charge in [0.1, 0.15) is 11.6 Å². The lowest BCUT2D eigenvalue weighted by Crippen LogP contribution is -2.31. The van der Waals surface area contributed by atoms with Gasteiger partial charge in [-0.25, -0.2) is 9.18 Å². The van der Waals surface area contributed by atoms with Gasteiger partial charge in [-0.1, -0.05) is 48.5 Å². The summed E-state index contributed by atoms with van der Waals surface area (Å²) in [6, 6.07) is 19.5. The molecule has 0 spiro atoms. The lowest BCUT2D eigenvalue weighted by atomic mass is 10.1. The number of benzene rings is 3. The predicted octanol–water partition coefficient (Wildman–Crippen LogP) is 3.56. The molecule has 3 aromatic rings. The number of rotatable bonds is 7. The molecule has 3 rings (SSSR count). The molecule has 0 heterocycles. The number of halogens is 1. The molecule has 0 saturated heterocycles. The third kappa shape index (κ3) is 5.07. The maximum absolute atomic E-state index is 13.6. The maximum atomic E-state index is 13.6. The van der Waals surface area contributed by atoms with Crippen molar-refractivity contribution < 1.29 is 23.5 Å². The van der Waals surface area contributed by atoms with E-state index in [9.17, 15) is 14.0 Å². The van der Waals surface area contributed by atoms with Crippen LogP contribution in [0.25, 0.3) is 10.8 Å². The van der Waals surface area contributed by atoms with E-state index in [1.807, 2.05) is 36.4 Å². The molecule has 0 saturated carbocycles. The van der Waals surface area contributed by atoms with Crippen LogP contribution in [0.15, 0.2) is 66.7 Å². The molecule has 5 nitrogen and oxygen atoms in total. The molecule has 28 heavy (non-hydrogen) atoms. The Labute approximate surface area is 162 Å². The van der Waals surface area contributed by atoms with E-state index in [1.165, 1.54) is 18.0 Å². The number of ether oxygens (including phenoxy) is 2. The van der Waals surface area contributed by atoms with Gasteiger partial charge in [0.25, 0.3) is 5.91 Å². The Morgan fingerprint density at radius 1 is 0.929 bits per heavy atom. The zero-order chi connectivity index (χ0) is 19.9. The van der Waals surface area contributed by atoms with Crippen molar-refractivity contribution in [3.05, 3.63) is 78.1 Å². The van der Waals surface area contributed by atoms with Crippen LogP contribution in [-0.4, -0.2) is 37.0 Å². The van der Waals surface area contributed by atoms with Crippen molar-refractivity contribution in [3.8, 4) is 5.75 Å². The van der Waals surface area contributed by atoms with E-state index >= 15 is 0 Å². The largest absolute Gasteiger partial charge is 0.482 e. The van der Waals surface area contributed by atoms with E-state index in [0.717, 1.165) is 10.8 Å². The van der Waals surface area contributed by atoms with Crippen LogP contribution in [-0.2, 0) is 20.9 Å². The minimum atomic E-state index is -0.652. The first-order valence-electron chi connectivity index (χ1n) is 8.77. The quantitative estimate of drug-likeness (QED) is 0.587. The summed E-state index contributed by atoms with van der Waals surface area (Å²) >= 11 is 0. The summed E-state index contributed by atoms with van der Waals surface area (Å²) in [6.45, 7) is -0.635. The first kappa shape index (κ1) is 19.4. The van der Waals surface area contributed by atoms with E-state index in [2.05, 4.69) is 0 Å². The Bertz CT molecular complexity index is 989. The van der Waals surface area contributed by atoms with E-state index < -0.39 is 18.5 Å². The van der Waals surface area contributed by atoms with Gasteiger partial charge >= 0.3 is 5.97 Å². The lowest BCUT2D eigenvalue weighted by Gasteiger charge is -2.17. The van der Waals surface area contributed by atoms with Crippen LogP contribution in [0.2, 0.25) is 0 Å². The lowest BCUT2D eigenvalue weighted by molar-refractivity contribution is -0.153. The van der Waals surface area contributed by atoms with Crippen LogP contribution >= 0.6 is 0 Å². The van der Waals surface area contributed by atoms with E-state index in [0.29, 0.717) is 11.3 Å². The van der Waals surface area contributed by atoms with Crippen molar-refractivity contribution in [1.29, 1.82) is 0 Å². The molecule has 1 amide bonds. The van der Waals surface area contributed by atoms with Gasteiger partial charge < -0.3 is 14.4 Å². The number of likely N-dealkylation sites (N-methyl/N-ethyl adjacent to an activating group) is 1. The topological polar surface area (TPSA) is 55.8 Å². The van der Waals surface area contributed by atoms with Gasteiger partial charge in [0.15, 0.2) is 13.2 Å². The van der Waals surface area contributed by atoms with Gasteiger partial charge in [-0.15, -0.1) is 0 Å². The number of esters is 1. The Hall–Kier alpha value is -3.41. The van der Waals surface area contributed by atoms with Crippen molar-refractivity contribution in [2.75, 3.05) is 20.3 Å². The second-order valence-corrected chi connectivity index (χ2v) is 6.30. The summed E-state index contributed by atoms with van der Waals surface area (Å²) in [6.07, 6.45) is 0. The van der Waals surface area contributed by atoms with Crippen LogP contribution in [0.5, 0.6) is 5.75 Å². The highest BCUT2D eigenvalue weighted by atomic mass is 19.1. The highest BCUT2D eigenvalue weighted by Crippen LogP contribution is 2.20. The second kappa shape index (κ2) is 8.99. The van der Waals surface area contributed by atoms with E-state index in [4.69, 9.17) is 9.47 Å². The summed E-state index contributed by atoms with van der Waals surface area (Å²) in [5.41, 5.74) is 0.393. The van der Waals surface area contributed by atoms with Crippen LogP contribution in [0.3, 0.4) is 0 Å². The summed E-state index contributed by atoms with van der Waals surface area (Å²) in [4.78, 5) is 25.2. The number of hydrogen-bond acceptors (Lipinski definition) is 4. The predicted molar refractivity (Wildman–Crippen MR) is 103 cm³/mol. The van der Waals surface area contributed by atoms with E-state index in [-0.39, 0.29) is 19.0 Å². The molecule has 0 radical (unpaired) electrons. The Morgan fingerprint density at radius 3 is 2.43 bits per heavy atom. The summed E-state index contributed by atoms with van der Waals surface area (Å²) in [7, 11) is 1.52. The fourth-order valence-corrected chi connectivity index (χ4v) is 2.66. The smallest absolute Gasteiger partial charge is 0.344 e. The maximum Gasteiger partial charge on any atom is 0.344 e. The van der Waals surface area contributed by atoms with Gasteiger partial charge in [-0.3, -0.25) is 4.79 Å².